The molecule has 0 aliphatic heterocycles. The third-order valence-electron chi connectivity index (χ3n) is 4.72. The number of nitrogens with zero attached hydrogens (tertiary/aromatic N) is 4. The molecule has 9 heteroatoms. The van der Waals surface area contributed by atoms with Crippen molar-refractivity contribution >= 4 is 23.3 Å². The Kier molecular flexibility index (Phi) is 5.93. The van der Waals surface area contributed by atoms with Gasteiger partial charge >= 0.3 is 5.69 Å². The smallest absolute Gasteiger partial charge is 0.329 e. The molecule has 2 aromatic heterocycles. The van der Waals surface area contributed by atoms with E-state index in [1.807, 2.05) is 60.7 Å². The summed E-state index contributed by atoms with van der Waals surface area (Å²) in [6, 6.07) is 19.1. The van der Waals surface area contributed by atoms with E-state index in [4.69, 9.17) is 4.74 Å². The zero-order valence-electron chi connectivity index (χ0n) is 17.0. The zero-order valence-corrected chi connectivity index (χ0v) is 17.0. The van der Waals surface area contributed by atoms with E-state index in [9.17, 15) is 9.59 Å². The summed E-state index contributed by atoms with van der Waals surface area (Å²) in [5.41, 5.74) is 3.39. The first-order chi connectivity index (χ1) is 15.1. The Bertz CT molecular complexity index is 1310. The van der Waals surface area contributed by atoms with Crippen molar-refractivity contribution in [2.45, 2.75) is 13.0 Å². The van der Waals surface area contributed by atoms with Gasteiger partial charge in [-0.15, -0.1) is 0 Å². The van der Waals surface area contributed by atoms with Crippen LogP contribution in [0, 0.1) is 0 Å². The average Bonchev–Trinajstić information content (AvgIpc) is 3.16. The van der Waals surface area contributed by atoms with E-state index >= 15 is 0 Å². The van der Waals surface area contributed by atoms with E-state index in [0.717, 1.165) is 11.3 Å². The minimum Gasteiger partial charge on any atom is -0.494 e. The lowest BCUT2D eigenvalue weighted by molar-refractivity contribution is 0.303. The number of hydrogen-bond donors (Lipinski definition) is 2. The van der Waals surface area contributed by atoms with E-state index < -0.39 is 11.2 Å². The molecule has 9 nitrogen and oxygen atoms in total. The van der Waals surface area contributed by atoms with Crippen molar-refractivity contribution in [3.05, 3.63) is 87.1 Å². The van der Waals surface area contributed by atoms with Crippen molar-refractivity contribution in [2.24, 2.45) is 12.1 Å². The van der Waals surface area contributed by atoms with Gasteiger partial charge < -0.3 is 9.30 Å². The average molecular weight is 418 g/mol. The first-order valence-electron chi connectivity index (χ1n) is 9.85. The van der Waals surface area contributed by atoms with Gasteiger partial charge in [0.15, 0.2) is 11.2 Å². The molecule has 4 rings (SSSR count). The van der Waals surface area contributed by atoms with E-state index in [1.165, 1.54) is 4.57 Å². The van der Waals surface area contributed by atoms with Crippen LogP contribution in [0.15, 0.2) is 75.4 Å². The number of anilines is 1. The second kappa shape index (κ2) is 9.12. The number of fused-ring (bicyclic) bond motifs is 1. The molecule has 0 aliphatic carbocycles. The summed E-state index contributed by atoms with van der Waals surface area (Å²) in [4.78, 5) is 31.3. The Morgan fingerprint density at radius 3 is 2.55 bits per heavy atom. The van der Waals surface area contributed by atoms with Crippen LogP contribution in [0.1, 0.15) is 12.0 Å². The van der Waals surface area contributed by atoms with E-state index in [0.29, 0.717) is 31.0 Å². The summed E-state index contributed by atoms with van der Waals surface area (Å²) in [7, 11) is 1.56. The number of ether oxygens (including phenoxy) is 1. The first-order valence-corrected chi connectivity index (χ1v) is 9.85. The second-order valence-electron chi connectivity index (χ2n) is 6.87. The van der Waals surface area contributed by atoms with Gasteiger partial charge in [-0.05, 0) is 24.1 Å². The largest absolute Gasteiger partial charge is 0.494 e. The van der Waals surface area contributed by atoms with Gasteiger partial charge in [-0.25, -0.2) is 10.2 Å². The summed E-state index contributed by atoms with van der Waals surface area (Å²) < 4.78 is 8.76. The van der Waals surface area contributed by atoms with Crippen molar-refractivity contribution in [1.29, 1.82) is 0 Å². The van der Waals surface area contributed by atoms with Crippen molar-refractivity contribution in [2.75, 3.05) is 12.0 Å². The third-order valence-corrected chi connectivity index (χ3v) is 4.72. The molecule has 4 aromatic rings. The molecule has 2 aromatic carbocycles. The van der Waals surface area contributed by atoms with E-state index in [1.54, 1.807) is 17.8 Å². The molecule has 0 bridgehead atoms. The molecule has 31 heavy (non-hydrogen) atoms. The summed E-state index contributed by atoms with van der Waals surface area (Å²) in [5.74, 6) is 1.15. The van der Waals surface area contributed by atoms with Crippen molar-refractivity contribution in [3.8, 4) is 5.75 Å². The highest BCUT2D eigenvalue weighted by Crippen LogP contribution is 2.16. The lowest BCUT2D eigenvalue weighted by atomic mass is 10.2. The molecule has 0 fully saturated rings. The molecule has 0 amide bonds. The lowest BCUT2D eigenvalue weighted by Crippen LogP contribution is -2.29. The monoisotopic (exact) mass is 418 g/mol. The topological polar surface area (TPSA) is 106 Å². The standard InChI is InChI=1S/C22H22N6O3/c1-27-19-18(20(29)25-22(27)30)28(13-8-14-31-17-11-6-3-7-12-17)21(24-19)26-23-15-16-9-4-2-5-10-16/h2-7,9-12,15H,8,13-14H2,1H3,(H,24,26)(H,25,29,30). The highest BCUT2D eigenvalue weighted by Gasteiger charge is 2.17. The molecule has 0 atom stereocenters. The minimum atomic E-state index is -0.520. The third kappa shape index (κ3) is 4.55. The number of hydrazone groups is 1. The van der Waals surface area contributed by atoms with Crippen LogP contribution in [-0.2, 0) is 13.6 Å². The Labute approximate surface area is 177 Å². The zero-order chi connectivity index (χ0) is 21.6. The summed E-state index contributed by atoms with van der Waals surface area (Å²) in [5, 5.41) is 4.24. The maximum atomic E-state index is 12.5. The SMILES string of the molecule is Cn1c(=O)[nH]c(=O)c2c1nc(NN=Cc1ccccc1)n2CCCOc1ccccc1. The minimum absolute atomic E-state index is 0.287. The van der Waals surface area contributed by atoms with Crippen LogP contribution in [0.2, 0.25) is 0 Å². The molecule has 0 aliphatic rings. The summed E-state index contributed by atoms with van der Waals surface area (Å²) in [6.45, 7) is 0.911. The predicted octanol–water partition coefficient (Wildman–Crippen LogP) is 2.34. The molecule has 0 unspecified atom stereocenters. The van der Waals surface area contributed by atoms with E-state index in [-0.39, 0.29) is 5.65 Å². The lowest BCUT2D eigenvalue weighted by Gasteiger charge is -2.09. The molecule has 0 saturated carbocycles. The van der Waals surface area contributed by atoms with Crippen molar-refractivity contribution in [3.63, 3.8) is 0 Å². The summed E-state index contributed by atoms with van der Waals surface area (Å²) >= 11 is 0. The van der Waals surface area contributed by atoms with Crippen molar-refractivity contribution < 1.29 is 4.74 Å². The number of rotatable bonds is 8. The van der Waals surface area contributed by atoms with Gasteiger partial charge in [-0.2, -0.15) is 10.1 Å². The van der Waals surface area contributed by atoms with E-state index in [2.05, 4.69) is 20.5 Å². The van der Waals surface area contributed by atoms with Gasteiger partial charge in [0.05, 0.1) is 12.8 Å². The van der Waals surface area contributed by atoms with Crippen LogP contribution in [0.25, 0.3) is 11.2 Å². The molecule has 158 valence electrons. The van der Waals surface area contributed by atoms with Gasteiger partial charge in [-0.3, -0.25) is 14.3 Å². The Balaban J connectivity index is 1.58. The summed E-state index contributed by atoms with van der Waals surface area (Å²) in [6.07, 6.45) is 2.28. The van der Waals surface area contributed by atoms with Crippen LogP contribution >= 0.6 is 0 Å². The van der Waals surface area contributed by atoms with Crippen molar-refractivity contribution in [1.82, 2.24) is 19.1 Å². The van der Waals surface area contributed by atoms with Crippen LogP contribution in [-0.4, -0.2) is 31.9 Å². The molecule has 2 heterocycles. The Morgan fingerprint density at radius 1 is 1.10 bits per heavy atom. The highest BCUT2D eigenvalue weighted by molar-refractivity contribution is 5.80. The van der Waals surface area contributed by atoms with Gasteiger partial charge in [0.1, 0.15) is 5.75 Å². The van der Waals surface area contributed by atoms with Gasteiger partial charge in [0, 0.05) is 13.6 Å². The number of imidazole rings is 1. The van der Waals surface area contributed by atoms with Crippen LogP contribution in [0.3, 0.4) is 0 Å². The number of aromatic amines is 1. The fourth-order valence-corrected chi connectivity index (χ4v) is 3.17. The maximum absolute atomic E-state index is 12.5. The molecule has 2 N–H and O–H groups in total. The predicted molar refractivity (Wildman–Crippen MR) is 120 cm³/mol. The highest BCUT2D eigenvalue weighted by atomic mass is 16.5. The maximum Gasteiger partial charge on any atom is 0.329 e. The molecule has 0 saturated heterocycles. The van der Waals surface area contributed by atoms with Gasteiger partial charge in [0.2, 0.25) is 5.95 Å². The fourth-order valence-electron chi connectivity index (χ4n) is 3.17. The first kappa shape index (κ1) is 20.1. The van der Waals surface area contributed by atoms with Gasteiger partial charge in [0.25, 0.3) is 5.56 Å². The molecule has 0 spiro atoms. The second-order valence-corrected chi connectivity index (χ2v) is 6.87. The molecular weight excluding hydrogens is 396 g/mol. The van der Waals surface area contributed by atoms with Crippen LogP contribution in [0.5, 0.6) is 5.75 Å². The number of para-hydroxylation sites is 1. The quantitative estimate of drug-likeness (QED) is 0.260. The van der Waals surface area contributed by atoms with Crippen LogP contribution in [0.4, 0.5) is 5.95 Å². The molecule has 0 radical (unpaired) electrons. The number of aryl methyl sites for hydroxylation is 2. The number of H-pyrrole nitrogens is 1. The number of hydrogen-bond acceptors (Lipinski definition) is 6. The van der Waals surface area contributed by atoms with Gasteiger partial charge in [-0.1, -0.05) is 48.5 Å². The number of nitrogens with one attached hydrogen (secondary N) is 2. The Hall–Kier alpha value is -4.14. The number of aromatic nitrogens is 4. The van der Waals surface area contributed by atoms with Crippen LogP contribution < -0.4 is 21.4 Å². The fraction of sp³-hybridized carbons (Fsp3) is 0.182. The molecular formula is C22H22N6O3. The normalized spacial score (nSPS) is 11.3. The number of benzene rings is 2. The Morgan fingerprint density at radius 2 is 1.81 bits per heavy atom.